The minimum atomic E-state index is -0.503. The van der Waals surface area contributed by atoms with E-state index in [0.29, 0.717) is 5.69 Å². The van der Waals surface area contributed by atoms with Gasteiger partial charge in [-0.3, -0.25) is 9.59 Å². The first-order valence-corrected chi connectivity index (χ1v) is 8.77. The molecule has 28 heavy (non-hydrogen) atoms. The second-order valence-corrected chi connectivity index (χ2v) is 6.56. The van der Waals surface area contributed by atoms with Gasteiger partial charge in [0.2, 0.25) is 5.88 Å². The lowest BCUT2D eigenvalue weighted by molar-refractivity contribution is -0.118. The number of hydrogen-bond acceptors (Lipinski definition) is 4. The van der Waals surface area contributed by atoms with Gasteiger partial charge in [-0.2, -0.15) is 4.68 Å². The molecule has 6 nitrogen and oxygen atoms in total. The van der Waals surface area contributed by atoms with Gasteiger partial charge in [0.15, 0.2) is 6.61 Å². The molecule has 1 N–H and O–H groups in total. The zero-order chi connectivity index (χ0) is 20.3. The Morgan fingerprint density at radius 1 is 1.14 bits per heavy atom. The van der Waals surface area contributed by atoms with Crippen molar-refractivity contribution in [2.24, 2.45) is 0 Å². The lowest BCUT2D eigenvalue weighted by Gasteiger charge is -2.10. The maximum absolute atomic E-state index is 13.1. The van der Waals surface area contributed by atoms with Gasteiger partial charge in [0, 0.05) is 12.1 Å². The zero-order valence-corrected chi connectivity index (χ0v) is 16.0. The molecule has 0 saturated heterocycles. The van der Waals surface area contributed by atoms with Crippen LogP contribution in [0.25, 0.3) is 5.69 Å². The highest BCUT2D eigenvalue weighted by molar-refractivity contribution is 6.33. The fourth-order valence-corrected chi connectivity index (χ4v) is 2.64. The third kappa shape index (κ3) is 4.55. The van der Waals surface area contributed by atoms with E-state index in [2.05, 4.69) is 10.4 Å². The number of amides is 1. The molecule has 1 heterocycles. The van der Waals surface area contributed by atoms with Crippen LogP contribution in [0, 0.1) is 19.7 Å². The van der Waals surface area contributed by atoms with Crippen molar-refractivity contribution < 1.29 is 13.9 Å². The SMILES string of the molecule is Cc1ccc(-n2nc(OCC(=O)Nc3ccc(F)cc3Cl)ccc2=O)cc1C. The monoisotopic (exact) mass is 401 g/mol. The number of halogens is 2. The van der Waals surface area contributed by atoms with Gasteiger partial charge in [0.25, 0.3) is 11.5 Å². The van der Waals surface area contributed by atoms with Crippen LogP contribution in [-0.2, 0) is 4.79 Å². The summed E-state index contributed by atoms with van der Waals surface area (Å²) >= 11 is 5.87. The van der Waals surface area contributed by atoms with Crippen LogP contribution in [0.5, 0.6) is 5.88 Å². The number of rotatable bonds is 5. The zero-order valence-electron chi connectivity index (χ0n) is 15.2. The smallest absolute Gasteiger partial charge is 0.271 e. The van der Waals surface area contributed by atoms with E-state index in [1.165, 1.54) is 28.9 Å². The van der Waals surface area contributed by atoms with Crippen molar-refractivity contribution in [3.8, 4) is 11.6 Å². The number of nitrogens with one attached hydrogen (secondary N) is 1. The molecular formula is C20H17ClFN3O3. The lowest BCUT2D eigenvalue weighted by Crippen LogP contribution is -2.24. The van der Waals surface area contributed by atoms with Crippen LogP contribution in [0.2, 0.25) is 5.02 Å². The van der Waals surface area contributed by atoms with Crippen LogP contribution >= 0.6 is 11.6 Å². The number of carbonyl (C=O) groups excluding carboxylic acids is 1. The Balaban J connectivity index is 1.71. The van der Waals surface area contributed by atoms with Crippen LogP contribution in [0.15, 0.2) is 53.3 Å². The Kier molecular flexibility index (Phi) is 5.75. The van der Waals surface area contributed by atoms with Crippen molar-refractivity contribution in [1.29, 1.82) is 0 Å². The van der Waals surface area contributed by atoms with Crippen molar-refractivity contribution >= 4 is 23.2 Å². The van der Waals surface area contributed by atoms with Crippen molar-refractivity contribution in [3.63, 3.8) is 0 Å². The summed E-state index contributed by atoms with van der Waals surface area (Å²) in [5.74, 6) is -0.894. The summed E-state index contributed by atoms with van der Waals surface area (Å²) in [5, 5.41) is 6.75. The summed E-state index contributed by atoms with van der Waals surface area (Å²) in [5.41, 5.74) is 2.66. The summed E-state index contributed by atoms with van der Waals surface area (Å²) in [6.45, 7) is 3.56. The van der Waals surface area contributed by atoms with Gasteiger partial charge in [-0.15, -0.1) is 5.10 Å². The highest BCUT2D eigenvalue weighted by atomic mass is 35.5. The van der Waals surface area contributed by atoms with Crippen molar-refractivity contribution in [1.82, 2.24) is 9.78 Å². The van der Waals surface area contributed by atoms with Crippen molar-refractivity contribution in [3.05, 3.63) is 80.9 Å². The predicted molar refractivity (Wildman–Crippen MR) is 105 cm³/mol. The highest BCUT2D eigenvalue weighted by Crippen LogP contribution is 2.22. The minimum absolute atomic E-state index is 0.0785. The van der Waals surface area contributed by atoms with E-state index < -0.39 is 11.7 Å². The maximum Gasteiger partial charge on any atom is 0.271 e. The number of aromatic nitrogens is 2. The molecule has 0 aliphatic heterocycles. The lowest BCUT2D eigenvalue weighted by atomic mass is 10.1. The number of nitrogens with zero attached hydrogens (tertiary/aromatic N) is 2. The van der Waals surface area contributed by atoms with E-state index in [9.17, 15) is 14.0 Å². The highest BCUT2D eigenvalue weighted by Gasteiger charge is 2.10. The van der Waals surface area contributed by atoms with E-state index in [-0.39, 0.29) is 28.8 Å². The molecule has 0 atom stereocenters. The predicted octanol–water partition coefficient (Wildman–Crippen LogP) is 3.66. The normalized spacial score (nSPS) is 10.6. The number of aryl methyl sites for hydroxylation is 2. The molecule has 0 bridgehead atoms. The topological polar surface area (TPSA) is 73.2 Å². The molecule has 0 spiro atoms. The van der Waals surface area contributed by atoms with Gasteiger partial charge in [0.1, 0.15) is 5.82 Å². The molecule has 0 aliphatic carbocycles. The van der Waals surface area contributed by atoms with Gasteiger partial charge in [0.05, 0.1) is 16.4 Å². The molecule has 1 aromatic heterocycles. The van der Waals surface area contributed by atoms with Gasteiger partial charge >= 0.3 is 0 Å². The number of ether oxygens (including phenoxy) is 1. The summed E-state index contributed by atoms with van der Waals surface area (Å²) in [6, 6.07) is 11.9. The molecule has 3 aromatic rings. The third-order valence-corrected chi connectivity index (χ3v) is 4.38. The summed E-state index contributed by atoms with van der Waals surface area (Å²) < 4.78 is 19.6. The molecule has 1 amide bonds. The third-order valence-electron chi connectivity index (χ3n) is 4.07. The van der Waals surface area contributed by atoms with Crippen molar-refractivity contribution in [2.75, 3.05) is 11.9 Å². The summed E-state index contributed by atoms with van der Waals surface area (Å²) in [4.78, 5) is 24.2. The number of benzene rings is 2. The van der Waals surface area contributed by atoms with Crippen molar-refractivity contribution in [2.45, 2.75) is 13.8 Å². The molecule has 0 aliphatic rings. The molecule has 0 fully saturated rings. The number of anilines is 1. The van der Waals surface area contributed by atoms with Gasteiger partial charge in [-0.05, 0) is 55.3 Å². The first-order valence-electron chi connectivity index (χ1n) is 8.39. The van der Waals surface area contributed by atoms with E-state index in [4.69, 9.17) is 16.3 Å². The molecule has 144 valence electrons. The van der Waals surface area contributed by atoms with Crippen LogP contribution in [-0.4, -0.2) is 22.3 Å². The summed E-state index contributed by atoms with van der Waals surface area (Å²) in [7, 11) is 0. The number of carbonyl (C=O) groups is 1. The maximum atomic E-state index is 13.1. The minimum Gasteiger partial charge on any atom is -0.467 e. The van der Waals surface area contributed by atoms with Gasteiger partial charge in [-0.1, -0.05) is 17.7 Å². The van der Waals surface area contributed by atoms with Crippen LogP contribution in [0.1, 0.15) is 11.1 Å². The molecule has 0 saturated carbocycles. The fraction of sp³-hybridized carbons (Fsp3) is 0.150. The molecule has 0 radical (unpaired) electrons. The Morgan fingerprint density at radius 3 is 2.64 bits per heavy atom. The summed E-state index contributed by atoms with van der Waals surface area (Å²) in [6.07, 6.45) is 0. The molecule has 3 rings (SSSR count). The quantitative estimate of drug-likeness (QED) is 0.708. The average Bonchev–Trinajstić information content (AvgIpc) is 2.66. The van der Waals surface area contributed by atoms with E-state index in [0.717, 1.165) is 17.2 Å². The standard InChI is InChI=1S/C20H17ClFN3O3/c1-12-3-5-15(9-13(12)2)25-20(27)8-7-19(24-25)28-11-18(26)23-17-6-4-14(22)10-16(17)21/h3-10H,11H2,1-2H3,(H,23,26). The average molecular weight is 402 g/mol. The Hall–Kier alpha value is -3.19. The van der Waals surface area contributed by atoms with E-state index in [1.807, 2.05) is 26.0 Å². The molecule has 2 aromatic carbocycles. The molecule has 0 unspecified atom stereocenters. The van der Waals surface area contributed by atoms with Crippen LogP contribution < -0.4 is 15.6 Å². The first kappa shape index (κ1) is 19.6. The second-order valence-electron chi connectivity index (χ2n) is 6.15. The fourth-order valence-electron chi connectivity index (χ4n) is 2.43. The van der Waals surface area contributed by atoms with Crippen LogP contribution in [0.4, 0.5) is 10.1 Å². The molecule has 8 heteroatoms. The van der Waals surface area contributed by atoms with E-state index in [1.54, 1.807) is 6.07 Å². The first-order chi connectivity index (χ1) is 13.3. The molecular weight excluding hydrogens is 385 g/mol. The Labute approximate surface area is 165 Å². The largest absolute Gasteiger partial charge is 0.467 e. The van der Waals surface area contributed by atoms with E-state index >= 15 is 0 Å². The van der Waals surface area contributed by atoms with Crippen LogP contribution in [0.3, 0.4) is 0 Å². The van der Waals surface area contributed by atoms with Gasteiger partial charge in [-0.25, -0.2) is 4.39 Å². The van der Waals surface area contributed by atoms with Gasteiger partial charge < -0.3 is 10.1 Å². The number of hydrogen-bond donors (Lipinski definition) is 1. The second kappa shape index (κ2) is 8.22. The Morgan fingerprint density at radius 2 is 1.93 bits per heavy atom. The Bertz CT molecular complexity index is 1100.